The Labute approximate surface area is 230 Å². The molecule has 2 aliphatic heterocycles. The van der Waals surface area contributed by atoms with Crippen molar-refractivity contribution in [1.29, 1.82) is 0 Å². The van der Waals surface area contributed by atoms with E-state index in [1.54, 1.807) is 13.1 Å². The number of nitrogens with zero attached hydrogens (tertiary/aromatic N) is 7. The van der Waals surface area contributed by atoms with Crippen LogP contribution in [-0.4, -0.2) is 94.6 Å². The van der Waals surface area contributed by atoms with Crippen molar-refractivity contribution < 1.29 is 29.1 Å². The summed E-state index contributed by atoms with van der Waals surface area (Å²) in [6.07, 6.45) is 2.02. The molecule has 3 N–H and O–H groups in total. The maximum Gasteiger partial charge on any atom is 0.352 e. The predicted molar refractivity (Wildman–Crippen MR) is 141 cm³/mol. The van der Waals surface area contributed by atoms with Crippen molar-refractivity contribution in [3.05, 3.63) is 35.2 Å². The molecular weight excluding hydrogens is 550 g/mol. The number of anilines is 1. The highest BCUT2D eigenvalue weighted by molar-refractivity contribution is 8.01. The first-order valence-electron chi connectivity index (χ1n) is 11.8. The molecule has 0 aliphatic carbocycles. The summed E-state index contributed by atoms with van der Waals surface area (Å²) in [5.41, 5.74) is 0.378. The SMILES string of the molecule is CCCCON=C(C(=O)NC1C(=O)N2C(C(=O)O)=C(CSc3nnnn3C)CS[C@@H]12)c1cccc(NC=O)n1. The summed E-state index contributed by atoms with van der Waals surface area (Å²) in [5.74, 6) is -1.71. The number of fused-ring (bicyclic) bond motifs is 1. The number of carboxylic acids is 1. The van der Waals surface area contributed by atoms with Gasteiger partial charge >= 0.3 is 5.97 Å². The molecule has 1 unspecified atom stereocenters. The number of carbonyl (C=O) groups is 4. The number of hydrogen-bond acceptors (Lipinski definition) is 12. The van der Waals surface area contributed by atoms with Gasteiger partial charge in [0.05, 0.1) is 0 Å². The van der Waals surface area contributed by atoms with Gasteiger partial charge in [0.2, 0.25) is 11.6 Å². The monoisotopic (exact) mass is 575 g/mol. The zero-order valence-electron chi connectivity index (χ0n) is 20.9. The molecule has 17 heteroatoms. The van der Waals surface area contributed by atoms with Crippen molar-refractivity contribution in [3.8, 4) is 0 Å². The topological polar surface area (TPSA) is 194 Å². The molecule has 0 aromatic carbocycles. The fraction of sp³-hybridized carbons (Fsp3) is 0.409. The van der Waals surface area contributed by atoms with Crippen molar-refractivity contribution in [2.24, 2.45) is 12.2 Å². The lowest BCUT2D eigenvalue weighted by atomic mass is 10.0. The second-order valence-electron chi connectivity index (χ2n) is 8.29. The van der Waals surface area contributed by atoms with Gasteiger partial charge in [0.15, 0.2) is 5.71 Å². The highest BCUT2D eigenvalue weighted by Gasteiger charge is 2.54. The number of aliphatic carboxylic acids is 1. The van der Waals surface area contributed by atoms with Crippen LogP contribution in [0.3, 0.4) is 0 Å². The number of oxime groups is 1. The fourth-order valence-corrected chi connectivity index (χ4v) is 6.07. The minimum Gasteiger partial charge on any atom is -0.477 e. The number of tetrazole rings is 1. The van der Waals surface area contributed by atoms with E-state index >= 15 is 0 Å². The van der Waals surface area contributed by atoms with Crippen molar-refractivity contribution in [2.45, 2.75) is 36.3 Å². The standard InChI is InChI=1S/C22H25N9O6S2/c1-3-4-8-37-27-15(13-6-5-7-14(24-13)23-11-32)18(33)25-16-19(34)31-17(21(35)36)12(9-38-20(16)31)10-39-22-26-28-29-30(22)2/h5-7,11,16,20H,3-4,8-10H2,1-2H3,(H,25,33)(H,35,36)(H,23,24,32)/t16?,20-/m0/s1. The van der Waals surface area contributed by atoms with Gasteiger partial charge < -0.3 is 20.6 Å². The number of nitrogens with one attached hydrogen (secondary N) is 2. The second kappa shape index (κ2) is 12.7. The Bertz CT molecular complexity index is 1330. The summed E-state index contributed by atoms with van der Waals surface area (Å²) in [5, 5.41) is 30.0. The lowest BCUT2D eigenvalue weighted by Crippen LogP contribution is -2.71. The van der Waals surface area contributed by atoms with Gasteiger partial charge in [-0.25, -0.2) is 14.5 Å². The number of thioether (sulfide) groups is 2. The lowest BCUT2D eigenvalue weighted by Gasteiger charge is -2.49. The normalized spacial score (nSPS) is 18.8. The molecule has 2 atom stereocenters. The number of rotatable bonds is 13. The first-order valence-corrected chi connectivity index (χ1v) is 13.8. The van der Waals surface area contributed by atoms with Crippen molar-refractivity contribution in [1.82, 2.24) is 35.4 Å². The molecule has 1 fully saturated rings. The summed E-state index contributed by atoms with van der Waals surface area (Å²) in [4.78, 5) is 60.0. The van der Waals surface area contributed by atoms with Crippen LogP contribution in [0.5, 0.6) is 0 Å². The second-order valence-corrected chi connectivity index (χ2v) is 10.3. The summed E-state index contributed by atoms with van der Waals surface area (Å²) < 4.78 is 1.47. The van der Waals surface area contributed by atoms with Crippen LogP contribution in [0.2, 0.25) is 0 Å². The van der Waals surface area contributed by atoms with Crippen LogP contribution in [0.1, 0.15) is 25.5 Å². The number of pyridine rings is 1. The maximum absolute atomic E-state index is 13.3. The Hall–Kier alpha value is -3.99. The first kappa shape index (κ1) is 28.0. The highest BCUT2D eigenvalue weighted by atomic mass is 32.2. The number of carbonyl (C=O) groups excluding carboxylic acids is 3. The van der Waals surface area contributed by atoms with Gasteiger partial charge in [-0.15, -0.1) is 16.9 Å². The molecule has 206 valence electrons. The van der Waals surface area contributed by atoms with Crippen molar-refractivity contribution in [2.75, 3.05) is 23.4 Å². The lowest BCUT2D eigenvalue weighted by molar-refractivity contribution is -0.150. The fourth-order valence-electron chi connectivity index (χ4n) is 3.73. The third-order valence-electron chi connectivity index (χ3n) is 5.65. The van der Waals surface area contributed by atoms with Crippen LogP contribution < -0.4 is 10.6 Å². The minimum absolute atomic E-state index is 0.108. The molecule has 0 spiro atoms. The van der Waals surface area contributed by atoms with Crippen LogP contribution in [-0.2, 0) is 31.1 Å². The quantitative estimate of drug-likeness (QED) is 0.0736. The largest absolute Gasteiger partial charge is 0.477 e. The van der Waals surface area contributed by atoms with E-state index in [9.17, 15) is 24.3 Å². The van der Waals surface area contributed by atoms with Gasteiger partial charge in [0, 0.05) is 18.6 Å². The molecule has 3 amide bonds. The van der Waals surface area contributed by atoms with E-state index in [1.807, 2.05) is 6.92 Å². The van der Waals surface area contributed by atoms with E-state index in [2.05, 4.69) is 36.3 Å². The minimum atomic E-state index is -1.24. The number of unbranched alkanes of at least 4 members (excludes halogenated alkanes) is 1. The number of carboxylic acid groups (broad SMARTS) is 1. The van der Waals surface area contributed by atoms with Gasteiger partial charge in [-0.1, -0.05) is 36.3 Å². The molecule has 1 saturated heterocycles. The number of β-lactam (4-membered cyclic amide) rings is 1. The molecule has 39 heavy (non-hydrogen) atoms. The summed E-state index contributed by atoms with van der Waals surface area (Å²) in [7, 11) is 1.67. The average molecular weight is 576 g/mol. The Balaban J connectivity index is 1.51. The van der Waals surface area contributed by atoms with E-state index in [0.717, 1.165) is 6.42 Å². The predicted octanol–water partition coefficient (Wildman–Crippen LogP) is 0.225. The molecule has 2 aromatic heterocycles. The zero-order chi connectivity index (χ0) is 27.9. The highest BCUT2D eigenvalue weighted by Crippen LogP contribution is 2.41. The average Bonchev–Trinajstić information content (AvgIpc) is 3.34. The van der Waals surface area contributed by atoms with Crippen molar-refractivity contribution in [3.63, 3.8) is 0 Å². The van der Waals surface area contributed by atoms with Crippen LogP contribution in [0.4, 0.5) is 5.82 Å². The van der Waals surface area contributed by atoms with E-state index in [1.165, 1.54) is 45.2 Å². The van der Waals surface area contributed by atoms with Gasteiger partial charge in [-0.2, -0.15) is 0 Å². The molecule has 2 aromatic rings. The third-order valence-corrected chi connectivity index (χ3v) is 8.09. The Morgan fingerprint density at radius 3 is 2.90 bits per heavy atom. The molecular formula is C22H25N9O6S2. The van der Waals surface area contributed by atoms with Crippen LogP contribution >= 0.6 is 23.5 Å². The van der Waals surface area contributed by atoms with E-state index in [0.29, 0.717) is 29.3 Å². The van der Waals surface area contributed by atoms with Crippen molar-refractivity contribution >= 4 is 59.2 Å². The van der Waals surface area contributed by atoms with E-state index < -0.39 is 29.2 Å². The Morgan fingerprint density at radius 2 is 2.21 bits per heavy atom. The van der Waals surface area contributed by atoms with E-state index in [-0.39, 0.29) is 35.3 Å². The summed E-state index contributed by atoms with van der Waals surface area (Å²) >= 11 is 2.60. The van der Waals surface area contributed by atoms with Gasteiger partial charge in [-0.3, -0.25) is 19.3 Å². The molecule has 0 bridgehead atoms. The number of aryl methyl sites for hydroxylation is 1. The smallest absolute Gasteiger partial charge is 0.352 e. The molecule has 2 aliphatic rings. The van der Waals surface area contributed by atoms with Crippen LogP contribution in [0.15, 0.2) is 39.8 Å². The third kappa shape index (κ3) is 6.19. The molecule has 4 rings (SSSR count). The number of hydrogen-bond donors (Lipinski definition) is 3. The van der Waals surface area contributed by atoms with Gasteiger partial charge in [0.25, 0.3) is 11.8 Å². The first-order chi connectivity index (χ1) is 18.8. The van der Waals surface area contributed by atoms with E-state index in [4.69, 9.17) is 4.84 Å². The van der Waals surface area contributed by atoms with Gasteiger partial charge in [0.1, 0.15) is 35.2 Å². The maximum atomic E-state index is 13.3. The Morgan fingerprint density at radius 1 is 1.38 bits per heavy atom. The number of aromatic nitrogens is 5. The van der Waals surface area contributed by atoms with Gasteiger partial charge in [-0.05, 0) is 34.6 Å². The summed E-state index contributed by atoms with van der Waals surface area (Å²) in [6.45, 7) is 2.25. The molecule has 0 saturated carbocycles. The molecule has 15 nitrogen and oxygen atoms in total. The molecule has 0 radical (unpaired) electrons. The zero-order valence-corrected chi connectivity index (χ0v) is 22.6. The Kier molecular flexibility index (Phi) is 9.13. The van der Waals surface area contributed by atoms with Crippen LogP contribution in [0, 0.1) is 0 Å². The molecule has 4 heterocycles. The van der Waals surface area contributed by atoms with Crippen LogP contribution in [0.25, 0.3) is 0 Å². The summed E-state index contributed by atoms with van der Waals surface area (Å²) in [6, 6.07) is 3.65. The number of amides is 3.